The molecule has 0 unspecified atom stereocenters. The largest absolute Gasteiger partial charge is 0.508 e. The predicted molar refractivity (Wildman–Crippen MR) is 57.0 cm³/mol. The van der Waals surface area contributed by atoms with E-state index in [4.69, 9.17) is 0 Å². The number of phenols is 1. The van der Waals surface area contributed by atoms with Crippen LogP contribution >= 0.6 is 0 Å². The molecule has 0 aromatic heterocycles. The van der Waals surface area contributed by atoms with Crippen molar-refractivity contribution in [2.45, 2.75) is 13.3 Å². The third kappa shape index (κ3) is 2.34. The number of carbonyl (C=O) groups is 2. The number of aromatic hydroxyl groups is 1. The second-order valence-electron chi connectivity index (χ2n) is 3.22. The summed E-state index contributed by atoms with van der Waals surface area (Å²) in [5.41, 5.74) is 1.04. The van der Waals surface area contributed by atoms with E-state index >= 15 is 0 Å². The van der Waals surface area contributed by atoms with Gasteiger partial charge in [-0.25, -0.2) is 0 Å². The van der Waals surface area contributed by atoms with Crippen molar-refractivity contribution in [3.8, 4) is 5.75 Å². The summed E-state index contributed by atoms with van der Waals surface area (Å²) in [5, 5.41) is 9.56. The van der Waals surface area contributed by atoms with Gasteiger partial charge in [0.25, 0.3) is 0 Å². The summed E-state index contributed by atoms with van der Waals surface area (Å²) in [7, 11) is 1.60. The molecule has 1 rings (SSSR count). The number of hydrogen-bond acceptors (Lipinski definition) is 3. The van der Waals surface area contributed by atoms with Crippen molar-refractivity contribution >= 4 is 17.9 Å². The average Bonchev–Trinajstić information content (AvgIpc) is 2.20. The smallest absolute Gasteiger partial charge is 0.223 e. The quantitative estimate of drug-likeness (QED) is 0.755. The van der Waals surface area contributed by atoms with Crippen LogP contribution in [0.5, 0.6) is 5.75 Å². The van der Waals surface area contributed by atoms with Crippen LogP contribution in [0.1, 0.15) is 12.5 Å². The van der Waals surface area contributed by atoms with E-state index in [0.717, 1.165) is 0 Å². The van der Waals surface area contributed by atoms with Gasteiger partial charge < -0.3 is 14.8 Å². The maximum atomic E-state index is 11.2. The fraction of sp³-hybridized carbons (Fsp3) is 0.273. The molecule has 1 aromatic rings. The fourth-order valence-corrected chi connectivity index (χ4v) is 1.34. The molecule has 0 saturated heterocycles. The van der Waals surface area contributed by atoms with Crippen LogP contribution < -0.4 is 4.90 Å². The van der Waals surface area contributed by atoms with Crippen LogP contribution in [0.2, 0.25) is 0 Å². The number of hydrogen-bond donors (Lipinski definition) is 1. The number of nitrogens with zero attached hydrogens (tertiary/aromatic N) is 1. The Balaban J connectivity index is 3.21. The molecule has 15 heavy (non-hydrogen) atoms. The lowest BCUT2D eigenvalue weighted by molar-refractivity contribution is -0.116. The first kappa shape index (κ1) is 11.2. The van der Waals surface area contributed by atoms with Gasteiger partial charge in [-0.05, 0) is 12.1 Å². The van der Waals surface area contributed by atoms with Crippen LogP contribution in [0.3, 0.4) is 0 Å². The molecule has 1 N–H and O–H groups in total. The molecule has 80 valence electrons. The Morgan fingerprint density at radius 3 is 2.73 bits per heavy atom. The molecule has 1 amide bonds. The van der Waals surface area contributed by atoms with Gasteiger partial charge in [0.2, 0.25) is 5.91 Å². The van der Waals surface area contributed by atoms with E-state index in [0.29, 0.717) is 17.5 Å². The summed E-state index contributed by atoms with van der Waals surface area (Å²) < 4.78 is 0. The Morgan fingerprint density at radius 1 is 1.53 bits per heavy atom. The Morgan fingerprint density at radius 2 is 2.20 bits per heavy atom. The first-order chi connectivity index (χ1) is 7.07. The normalized spacial score (nSPS) is 9.73. The monoisotopic (exact) mass is 207 g/mol. The second-order valence-corrected chi connectivity index (χ2v) is 3.22. The van der Waals surface area contributed by atoms with Crippen molar-refractivity contribution < 1.29 is 14.7 Å². The van der Waals surface area contributed by atoms with Gasteiger partial charge in [-0.15, -0.1) is 0 Å². The Bertz CT molecular complexity index is 387. The molecular formula is C11H13NO3. The van der Waals surface area contributed by atoms with Gasteiger partial charge >= 0.3 is 0 Å². The molecule has 4 nitrogen and oxygen atoms in total. The van der Waals surface area contributed by atoms with Gasteiger partial charge in [0.1, 0.15) is 12.0 Å². The van der Waals surface area contributed by atoms with Gasteiger partial charge in [0.05, 0.1) is 5.69 Å². The first-order valence-corrected chi connectivity index (χ1v) is 4.56. The van der Waals surface area contributed by atoms with E-state index in [1.54, 1.807) is 19.2 Å². The average molecular weight is 207 g/mol. The van der Waals surface area contributed by atoms with Gasteiger partial charge in [0.15, 0.2) is 0 Å². The van der Waals surface area contributed by atoms with E-state index in [1.165, 1.54) is 17.9 Å². The molecule has 0 spiro atoms. The highest BCUT2D eigenvalue weighted by Gasteiger charge is 2.13. The zero-order valence-electron chi connectivity index (χ0n) is 8.73. The van der Waals surface area contributed by atoms with Crippen molar-refractivity contribution in [3.05, 3.63) is 23.8 Å². The van der Waals surface area contributed by atoms with Crippen molar-refractivity contribution in [3.63, 3.8) is 0 Å². The predicted octanol–water partition coefficient (Wildman–Crippen LogP) is 1.12. The molecule has 4 heteroatoms. The highest BCUT2D eigenvalue weighted by atomic mass is 16.3. The molecule has 0 aliphatic heterocycles. The molecule has 0 fully saturated rings. The van der Waals surface area contributed by atoms with E-state index in [-0.39, 0.29) is 18.1 Å². The van der Waals surface area contributed by atoms with Gasteiger partial charge in [-0.3, -0.25) is 4.79 Å². The van der Waals surface area contributed by atoms with Crippen LogP contribution in [0.25, 0.3) is 0 Å². The van der Waals surface area contributed by atoms with Crippen LogP contribution in [-0.4, -0.2) is 24.3 Å². The maximum absolute atomic E-state index is 11.2. The summed E-state index contributed by atoms with van der Waals surface area (Å²) >= 11 is 0. The maximum Gasteiger partial charge on any atom is 0.223 e. The van der Waals surface area contributed by atoms with Crippen molar-refractivity contribution in [1.82, 2.24) is 0 Å². The molecule has 0 atom stereocenters. The molecule has 0 radical (unpaired) electrons. The van der Waals surface area contributed by atoms with E-state index in [2.05, 4.69) is 0 Å². The highest BCUT2D eigenvalue weighted by Crippen LogP contribution is 2.27. The number of phenolic OH excluding ortho intramolecular Hbond substituents is 1. The van der Waals surface area contributed by atoms with E-state index in [9.17, 15) is 14.7 Å². The van der Waals surface area contributed by atoms with E-state index < -0.39 is 0 Å². The number of anilines is 1. The zero-order valence-corrected chi connectivity index (χ0v) is 8.73. The summed E-state index contributed by atoms with van der Waals surface area (Å²) in [6.07, 6.45) is 0.798. The lowest BCUT2D eigenvalue weighted by Gasteiger charge is -2.18. The lowest BCUT2D eigenvalue weighted by Crippen LogP contribution is -2.24. The van der Waals surface area contributed by atoms with Gasteiger partial charge in [0, 0.05) is 26.0 Å². The van der Waals surface area contributed by atoms with Crippen LogP contribution in [0.15, 0.2) is 18.2 Å². The fourth-order valence-electron chi connectivity index (χ4n) is 1.34. The molecular weight excluding hydrogens is 194 g/mol. The minimum atomic E-state index is -0.146. The van der Waals surface area contributed by atoms with E-state index in [1.807, 2.05) is 0 Å². The standard InChI is InChI=1S/C11H13NO3/c1-8(14)12(2)10-4-3-5-11(15)9(10)6-7-13/h3-5,7,15H,6H2,1-2H3. The molecule has 0 bridgehead atoms. The molecule has 0 aliphatic carbocycles. The summed E-state index contributed by atoms with van der Waals surface area (Å²) in [6.45, 7) is 1.43. The number of rotatable bonds is 3. The number of carbonyl (C=O) groups excluding carboxylic acids is 2. The molecule has 0 saturated carbocycles. The first-order valence-electron chi connectivity index (χ1n) is 4.56. The molecule has 1 aromatic carbocycles. The summed E-state index contributed by atoms with van der Waals surface area (Å²) in [5.74, 6) is -0.111. The van der Waals surface area contributed by atoms with Crippen LogP contribution in [0.4, 0.5) is 5.69 Å². The minimum absolute atomic E-state index is 0.0349. The van der Waals surface area contributed by atoms with Crippen molar-refractivity contribution in [2.24, 2.45) is 0 Å². The Labute approximate surface area is 88.1 Å². The van der Waals surface area contributed by atoms with Gasteiger partial charge in [-0.1, -0.05) is 6.07 Å². The Hall–Kier alpha value is -1.84. The second kappa shape index (κ2) is 4.59. The molecule has 0 heterocycles. The SMILES string of the molecule is CC(=O)N(C)c1cccc(O)c1CC=O. The zero-order chi connectivity index (χ0) is 11.4. The third-order valence-electron chi connectivity index (χ3n) is 2.25. The molecule has 0 aliphatic rings. The highest BCUT2D eigenvalue weighted by molar-refractivity contribution is 5.92. The minimum Gasteiger partial charge on any atom is -0.508 e. The number of aldehydes is 1. The lowest BCUT2D eigenvalue weighted by atomic mass is 10.1. The summed E-state index contributed by atoms with van der Waals surface area (Å²) in [4.78, 5) is 23.0. The number of benzene rings is 1. The van der Waals surface area contributed by atoms with Gasteiger partial charge in [-0.2, -0.15) is 0 Å². The summed E-state index contributed by atoms with van der Waals surface area (Å²) in [6, 6.07) is 4.83. The van der Waals surface area contributed by atoms with Crippen LogP contribution in [-0.2, 0) is 16.0 Å². The van der Waals surface area contributed by atoms with Crippen LogP contribution in [0, 0.1) is 0 Å². The number of amides is 1. The topological polar surface area (TPSA) is 57.6 Å². The van der Waals surface area contributed by atoms with Crippen molar-refractivity contribution in [1.29, 1.82) is 0 Å². The Kier molecular flexibility index (Phi) is 3.44. The van der Waals surface area contributed by atoms with Crippen molar-refractivity contribution in [2.75, 3.05) is 11.9 Å². The third-order valence-corrected chi connectivity index (χ3v) is 2.25.